The second-order valence-electron chi connectivity index (χ2n) is 6.30. The van der Waals surface area contributed by atoms with Crippen LogP contribution in [0.2, 0.25) is 0 Å². The van der Waals surface area contributed by atoms with E-state index in [9.17, 15) is 19.7 Å². The number of halogens is 1. The first-order valence-electron chi connectivity index (χ1n) is 8.33. The number of rotatable bonds is 2. The molecule has 0 unspecified atom stereocenters. The molecule has 140 valence electrons. The quantitative estimate of drug-likeness (QED) is 0.663. The summed E-state index contributed by atoms with van der Waals surface area (Å²) in [6.07, 6.45) is 1.70. The molecule has 0 aliphatic carbocycles. The van der Waals surface area contributed by atoms with Gasteiger partial charge in [-0.1, -0.05) is 6.07 Å². The van der Waals surface area contributed by atoms with Crippen LogP contribution in [0.3, 0.4) is 0 Å². The number of thiazole rings is 1. The number of hydrogen-bond donors (Lipinski definition) is 0. The van der Waals surface area contributed by atoms with Crippen LogP contribution in [0.1, 0.15) is 22.5 Å². The van der Waals surface area contributed by atoms with Gasteiger partial charge in [0.2, 0.25) is 0 Å². The van der Waals surface area contributed by atoms with E-state index >= 15 is 0 Å². The van der Waals surface area contributed by atoms with Crippen molar-refractivity contribution >= 4 is 23.0 Å². The van der Waals surface area contributed by atoms with E-state index in [4.69, 9.17) is 0 Å². The van der Waals surface area contributed by atoms with E-state index in [1.807, 2.05) is 33.0 Å². The van der Waals surface area contributed by atoms with Crippen molar-refractivity contribution in [1.29, 1.82) is 10.5 Å². The third kappa shape index (κ3) is 3.15. The van der Waals surface area contributed by atoms with E-state index in [1.165, 1.54) is 10.6 Å². The van der Waals surface area contributed by atoms with Crippen molar-refractivity contribution in [3.63, 3.8) is 0 Å². The van der Waals surface area contributed by atoms with Crippen LogP contribution in [0.4, 0.5) is 4.39 Å². The number of benzene rings is 1. The Labute approximate surface area is 164 Å². The molecule has 0 atom stereocenters. The Bertz CT molecular complexity index is 1350. The van der Waals surface area contributed by atoms with Crippen molar-refractivity contribution in [2.75, 3.05) is 0 Å². The van der Waals surface area contributed by atoms with Gasteiger partial charge in [0, 0.05) is 18.3 Å². The summed E-state index contributed by atoms with van der Waals surface area (Å²) in [6, 6.07) is 8.00. The predicted molar refractivity (Wildman–Crippen MR) is 105 cm³/mol. The smallest absolute Gasteiger partial charge is 0.272 e. The van der Waals surface area contributed by atoms with Crippen LogP contribution in [0.15, 0.2) is 23.0 Å². The molecule has 6 nitrogen and oxygen atoms in total. The topological polar surface area (TPSA) is 87.4 Å². The second kappa shape index (κ2) is 7.26. The van der Waals surface area contributed by atoms with Crippen molar-refractivity contribution in [3.05, 3.63) is 66.1 Å². The van der Waals surface area contributed by atoms with Crippen molar-refractivity contribution in [3.8, 4) is 17.8 Å². The van der Waals surface area contributed by atoms with Crippen molar-refractivity contribution in [2.24, 2.45) is 7.05 Å². The molecule has 3 rings (SSSR count). The fraction of sp³-hybridized carbons (Fsp3) is 0.200. The van der Waals surface area contributed by atoms with Gasteiger partial charge in [-0.25, -0.2) is 4.39 Å². The molecule has 0 bridgehead atoms. The molecule has 1 aromatic carbocycles. The van der Waals surface area contributed by atoms with Crippen LogP contribution in [0.25, 0.3) is 17.3 Å². The summed E-state index contributed by atoms with van der Waals surface area (Å²) in [6.45, 7) is 5.34. The minimum atomic E-state index is -0.471. The number of aromatic nitrogens is 3. The van der Waals surface area contributed by atoms with Crippen LogP contribution >= 0.6 is 11.3 Å². The third-order valence-electron chi connectivity index (χ3n) is 4.52. The molecule has 0 fully saturated rings. The van der Waals surface area contributed by atoms with Gasteiger partial charge in [0.05, 0.1) is 15.9 Å². The van der Waals surface area contributed by atoms with Gasteiger partial charge in [-0.3, -0.25) is 14.0 Å². The van der Waals surface area contributed by atoms with Crippen LogP contribution in [0, 0.1) is 49.3 Å². The van der Waals surface area contributed by atoms with E-state index in [0.717, 1.165) is 28.3 Å². The van der Waals surface area contributed by atoms with Gasteiger partial charge >= 0.3 is 0 Å². The molecule has 3 aromatic rings. The summed E-state index contributed by atoms with van der Waals surface area (Å²) >= 11 is 1.02. The lowest BCUT2D eigenvalue weighted by atomic mass is 10.2. The highest BCUT2D eigenvalue weighted by Crippen LogP contribution is 2.13. The molecule has 2 heterocycles. The first-order valence-corrected chi connectivity index (χ1v) is 9.15. The Balaban J connectivity index is 2.45. The van der Waals surface area contributed by atoms with E-state index in [2.05, 4.69) is 5.10 Å². The van der Waals surface area contributed by atoms with Gasteiger partial charge in [-0.05, 0) is 44.5 Å². The van der Waals surface area contributed by atoms with Gasteiger partial charge in [0.15, 0.2) is 5.57 Å². The summed E-state index contributed by atoms with van der Waals surface area (Å²) in [7, 11) is 1.81. The van der Waals surface area contributed by atoms with Crippen LogP contribution < -0.4 is 14.8 Å². The number of nitriles is 2. The largest absolute Gasteiger partial charge is 0.273 e. The van der Waals surface area contributed by atoms with Crippen LogP contribution in [-0.2, 0) is 7.05 Å². The molecule has 0 saturated carbocycles. The lowest BCUT2D eigenvalue weighted by Crippen LogP contribution is -2.30. The zero-order chi connectivity index (χ0) is 20.6. The summed E-state index contributed by atoms with van der Waals surface area (Å²) in [5.41, 5.74) is 2.51. The molecule has 2 aromatic heterocycles. The molecule has 0 aliphatic rings. The van der Waals surface area contributed by atoms with Gasteiger partial charge in [0.1, 0.15) is 22.6 Å². The van der Waals surface area contributed by atoms with Gasteiger partial charge < -0.3 is 0 Å². The molecule has 0 spiro atoms. The zero-order valence-electron chi connectivity index (χ0n) is 15.7. The average Bonchev–Trinajstić information content (AvgIpc) is 3.10. The lowest BCUT2D eigenvalue weighted by molar-refractivity contribution is 0.617. The van der Waals surface area contributed by atoms with Gasteiger partial charge in [-0.15, -0.1) is 11.3 Å². The zero-order valence-corrected chi connectivity index (χ0v) is 16.6. The number of hydrogen-bond acceptors (Lipinski definition) is 5. The number of aryl methyl sites for hydroxylation is 3. The highest BCUT2D eigenvalue weighted by molar-refractivity contribution is 7.07. The van der Waals surface area contributed by atoms with Crippen molar-refractivity contribution in [1.82, 2.24) is 14.3 Å². The van der Waals surface area contributed by atoms with Crippen LogP contribution in [0.5, 0.6) is 0 Å². The Morgan fingerprint density at radius 1 is 1.25 bits per heavy atom. The highest BCUT2D eigenvalue weighted by Gasteiger charge is 2.14. The van der Waals surface area contributed by atoms with Gasteiger partial charge in [0.25, 0.3) is 5.56 Å². The molecule has 0 N–H and O–H groups in total. The summed E-state index contributed by atoms with van der Waals surface area (Å²) in [4.78, 5) is 13.1. The molecule has 0 saturated heterocycles. The highest BCUT2D eigenvalue weighted by atomic mass is 32.1. The summed E-state index contributed by atoms with van der Waals surface area (Å²) in [5, 5.41) is 23.0. The third-order valence-corrected chi connectivity index (χ3v) is 5.61. The van der Waals surface area contributed by atoms with E-state index < -0.39 is 11.4 Å². The first-order chi connectivity index (χ1) is 13.3. The Kier molecular flexibility index (Phi) is 5.00. The lowest BCUT2D eigenvalue weighted by Gasteiger charge is -2.04. The summed E-state index contributed by atoms with van der Waals surface area (Å²) in [5.74, 6) is -0.471. The van der Waals surface area contributed by atoms with E-state index in [-0.39, 0.29) is 15.9 Å². The predicted octanol–water partition coefficient (Wildman–Crippen LogP) is 1.72. The minimum absolute atomic E-state index is 0.170. The average molecular weight is 393 g/mol. The minimum Gasteiger partial charge on any atom is -0.272 e. The fourth-order valence-electron chi connectivity index (χ4n) is 2.86. The normalized spacial score (nSPS) is 11.3. The molecule has 0 radical (unpaired) electrons. The molecular formula is C20H16FN5OS. The summed E-state index contributed by atoms with van der Waals surface area (Å²) < 4.78 is 17.5. The Morgan fingerprint density at radius 3 is 2.46 bits per heavy atom. The SMILES string of the molecule is Cc1ccc(-n2c(=C(C#N)C#N)s/c(=C\c3c(C)nn(C)c3C)c2=O)cc1F. The Hall–Kier alpha value is -3.49. The standard InChI is InChI=1S/C20H16FN5OS/c1-11-5-6-15(7-17(11)21)26-19(27)18(28-20(26)14(9-22)10-23)8-16-12(2)24-25(4)13(16)3/h5-8H,1-4H3/b18-8-. The number of nitrogens with zero attached hydrogens (tertiary/aromatic N) is 5. The van der Waals surface area contributed by atoms with E-state index in [0.29, 0.717) is 10.1 Å². The Morgan fingerprint density at radius 2 is 1.93 bits per heavy atom. The van der Waals surface area contributed by atoms with Gasteiger partial charge in [-0.2, -0.15) is 15.6 Å². The molecule has 8 heteroatoms. The second-order valence-corrected chi connectivity index (χ2v) is 7.33. The van der Waals surface area contributed by atoms with Crippen LogP contribution in [-0.4, -0.2) is 14.3 Å². The first kappa shape index (κ1) is 19.3. The monoisotopic (exact) mass is 393 g/mol. The van der Waals surface area contributed by atoms with E-state index in [1.54, 1.807) is 29.8 Å². The molecular weight excluding hydrogens is 377 g/mol. The van der Waals surface area contributed by atoms with Crippen molar-refractivity contribution in [2.45, 2.75) is 20.8 Å². The maximum Gasteiger partial charge on any atom is 0.273 e. The fourth-order valence-corrected chi connectivity index (χ4v) is 3.89. The maximum absolute atomic E-state index is 14.1. The molecule has 0 amide bonds. The molecule has 28 heavy (non-hydrogen) atoms. The molecule has 0 aliphatic heterocycles. The van der Waals surface area contributed by atoms with Crippen molar-refractivity contribution < 1.29 is 4.39 Å². The maximum atomic E-state index is 14.1.